The lowest BCUT2D eigenvalue weighted by atomic mass is 9.98. The lowest BCUT2D eigenvalue weighted by Gasteiger charge is -2.36. The summed E-state index contributed by atoms with van der Waals surface area (Å²) in [4.78, 5) is 203. The Morgan fingerprint density at radius 2 is 0.777 bits per heavy atom. The SMILES string of the molecule is CC#CCn1c(N2CCN(C(=O)OC(C)(C)C)CC2)nc2nc(C(N)=O)n(C)c(=O)c21.CC#CCn1c(N2CCNCC2)nc2nc(C(=O)O)n(C)c(=O)c21.CC#CCn1c(N2CCNCC2)nc2nc(C(N)=O)n(C)c(=O)c21.CC#CCn1c(N2CCNCC2)nc2ncn(C)c(=O)c21.CC(C)(C)C(=O)OCn1c(=O)n(CCc2ccccc2)c(=O)c2c1ncn2Cc1ccccc1.O=C(O)C(F)(F)F.O=C(O)C(F)(F)F. The van der Waals surface area contributed by atoms with Gasteiger partial charge in [0.05, 0.1) is 44.2 Å². The molecular formula is C94H112F6N30O18. The number of hydrogen-bond donors (Lipinski definition) is 8. The zero-order valence-electron chi connectivity index (χ0n) is 83.5. The average molecular weight is 2060 g/mol. The number of nitrogens with zero attached hydrogens (tertiary/aromatic N) is 25. The van der Waals surface area contributed by atoms with Crippen LogP contribution in [0.25, 0.3) is 55.8 Å². The maximum Gasteiger partial charge on any atom is 0.490 e. The van der Waals surface area contributed by atoms with Gasteiger partial charge in [-0.1, -0.05) is 84.3 Å². The minimum absolute atomic E-state index is 0.0909. The number of hydrogen-bond acceptors (Lipinski definition) is 31. The molecule has 0 atom stereocenters. The molecule has 2 aromatic carbocycles. The molecule has 4 saturated heterocycles. The number of carbonyl (C=O) groups excluding carboxylic acids is 4. The second-order valence-corrected chi connectivity index (χ2v) is 35.0. The Hall–Kier alpha value is -17.0. The zero-order chi connectivity index (χ0) is 109. The first-order valence-corrected chi connectivity index (χ1v) is 45.9. The molecule has 10 aromatic heterocycles. The van der Waals surface area contributed by atoms with Crippen LogP contribution >= 0.6 is 0 Å². The summed E-state index contributed by atoms with van der Waals surface area (Å²) in [7, 11) is 6.01. The van der Waals surface area contributed by atoms with Crippen molar-refractivity contribution in [2.75, 3.05) is 124 Å². The summed E-state index contributed by atoms with van der Waals surface area (Å²) in [6, 6.07) is 19.3. The van der Waals surface area contributed by atoms with Crippen molar-refractivity contribution in [1.82, 2.24) is 116 Å². The number of esters is 1. The Morgan fingerprint density at radius 1 is 0.426 bits per heavy atom. The number of aryl methyl sites for hydroxylation is 2. The van der Waals surface area contributed by atoms with Gasteiger partial charge in [0.25, 0.3) is 39.6 Å². The molecule has 12 aromatic rings. The van der Waals surface area contributed by atoms with E-state index in [1.807, 2.05) is 90.9 Å². The van der Waals surface area contributed by atoms with Crippen LogP contribution in [0.1, 0.15) is 112 Å². The molecule has 14 heterocycles. The van der Waals surface area contributed by atoms with Crippen LogP contribution in [0.2, 0.25) is 0 Å². The van der Waals surface area contributed by atoms with Gasteiger partial charge < -0.3 is 85.8 Å². The summed E-state index contributed by atoms with van der Waals surface area (Å²) in [6.07, 6.45) is -6.97. The smallest absolute Gasteiger partial charge is 0.475 e. The summed E-state index contributed by atoms with van der Waals surface area (Å²) in [6.45, 7) is 31.0. The second-order valence-electron chi connectivity index (χ2n) is 35.0. The summed E-state index contributed by atoms with van der Waals surface area (Å²) >= 11 is 0. The second kappa shape index (κ2) is 49.5. The number of primary amides is 2. The van der Waals surface area contributed by atoms with E-state index in [0.717, 1.165) is 109 Å². The number of amides is 3. The molecule has 16 rings (SSSR count). The minimum Gasteiger partial charge on any atom is -0.475 e. The predicted molar refractivity (Wildman–Crippen MR) is 531 cm³/mol. The van der Waals surface area contributed by atoms with E-state index in [9.17, 15) is 84.2 Å². The van der Waals surface area contributed by atoms with Gasteiger partial charge in [-0.05, 0) is 86.8 Å². The minimum atomic E-state index is -5.08. The van der Waals surface area contributed by atoms with Crippen LogP contribution in [-0.2, 0) is 104 Å². The van der Waals surface area contributed by atoms with Gasteiger partial charge in [-0.3, -0.25) is 74.9 Å². The Bertz CT molecular complexity index is 7420. The van der Waals surface area contributed by atoms with Crippen LogP contribution < -0.4 is 80.5 Å². The zero-order valence-corrected chi connectivity index (χ0v) is 83.5. The molecule has 148 heavy (non-hydrogen) atoms. The van der Waals surface area contributed by atoms with Crippen LogP contribution in [0.3, 0.4) is 0 Å². The van der Waals surface area contributed by atoms with E-state index in [-0.39, 0.29) is 88.1 Å². The number of imidazole rings is 5. The summed E-state index contributed by atoms with van der Waals surface area (Å²) in [5, 5.41) is 33.3. The van der Waals surface area contributed by atoms with E-state index in [4.69, 9.17) is 40.7 Å². The van der Waals surface area contributed by atoms with E-state index in [1.54, 1.807) is 85.0 Å². The molecular weight excluding hydrogens is 1950 g/mol. The number of piperazine rings is 4. The first kappa shape index (κ1) is 113. The number of alkyl halides is 6. The Labute approximate surface area is 838 Å². The van der Waals surface area contributed by atoms with Crippen molar-refractivity contribution in [2.24, 2.45) is 45.1 Å². The van der Waals surface area contributed by atoms with Gasteiger partial charge in [0.1, 0.15) is 5.60 Å². The molecule has 0 bridgehead atoms. The number of ether oxygens (including phenoxy) is 2. The van der Waals surface area contributed by atoms with Gasteiger partial charge in [0.15, 0.2) is 62.6 Å². The maximum atomic E-state index is 13.5. The largest absolute Gasteiger partial charge is 0.490 e. The van der Waals surface area contributed by atoms with Crippen molar-refractivity contribution in [3.05, 3.63) is 164 Å². The third kappa shape index (κ3) is 27.7. The van der Waals surface area contributed by atoms with E-state index in [2.05, 4.69) is 123 Å². The van der Waals surface area contributed by atoms with Gasteiger partial charge in [-0.15, -0.1) is 23.7 Å². The molecule has 10 N–H and O–H groups in total. The van der Waals surface area contributed by atoms with Gasteiger partial charge in [0, 0.05) is 146 Å². The monoisotopic (exact) mass is 2060 g/mol. The average Bonchev–Trinajstić information content (AvgIpc) is 1.61. The molecule has 4 fully saturated rings. The first-order valence-electron chi connectivity index (χ1n) is 45.9. The molecule has 788 valence electrons. The standard InChI is InChI=1S/C26H28N4O4.C20H27N7O4.C15H19N7O2.C15H18N6O3.C14H18N6O.2C2HF3O2/c1-26(2,3)24(32)34-18-30-22-21(28(17-27-22)16-20-12-8-5-9-13-20)23(31)29(25(30)33)15-14-19-10-6-4-7-11-19;1-6-7-8-27-13-15(22-16(14(21)28)24(5)17(13)29)23-18(27)25-9-11-26(12-10-25)19(30)31-20(2,3)4;1-3-4-7-22-10-12(18-13(11(16)23)20(2)14(10)24)19-15(22)21-8-5-17-6-9-21;1-3-4-7-21-10-11(17-12(14(23)24)19(2)13(10)22)18-15(21)20-8-5-16-6-9-20;1-3-4-7-20-11-12(16-10-18(2)13(11)21)17-14(20)19-8-5-15-6-9-19;2*3-2(4,5)1(6)7/h4-13,17H,14-16,18H2,1-3H3;8-12H2,1-5H3,(H2,21,28);17H,5-9H2,1-2H3,(H2,16,23);16H,5-9H2,1-2H3,(H,23,24);10,15H,5-9H2,1-2H3;2*(H,6,7). The lowest BCUT2D eigenvalue weighted by molar-refractivity contribution is -0.193. The fourth-order valence-corrected chi connectivity index (χ4v) is 15.1. The van der Waals surface area contributed by atoms with E-state index < -0.39 is 81.4 Å². The van der Waals surface area contributed by atoms with Crippen LogP contribution in [0, 0.1) is 52.8 Å². The van der Waals surface area contributed by atoms with Crippen LogP contribution in [0.4, 0.5) is 54.9 Å². The predicted octanol–water partition coefficient (Wildman–Crippen LogP) is 2.26. The normalized spacial score (nSPS) is 13.6. The van der Waals surface area contributed by atoms with Crippen molar-refractivity contribution in [1.29, 1.82) is 0 Å². The molecule has 0 aliphatic carbocycles. The summed E-state index contributed by atoms with van der Waals surface area (Å²) < 4.78 is 90.4. The fraction of sp³-hybridized carbons (Fsp3) is 0.447. The number of aromatic nitrogens is 20. The third-order valence-corrected chi connectivity index (χ3v) is 22.5. The highest BCUT2D eigenvalue weighted by atomic mass is 19.4. The van der Waals surface area contributed by atoms with Gasteiger partial charge in [-0.25, -0.2) is 53.5 Å². The topological polar surface area (TPSA) is 576 Å². The van der Waals surface area contributed by atoms with Crippen LogP contribution in [-0.4, -0.2) is 280 Å². The van der Waals surface area contributed by atoms with Crippen LogP contribution in [0.15, 0.2) is 102 Å². The fourth-order valence-electron chi connectivity index (χ4n) is 15.1. The number of fused-ring (bicyclic) bond motifs is 5. The molecule has 4 aliphatic rings. The van der Waals surface area contributed by atoms with Crippen LogP contribution in [0.5, 0.6) is 0 Å². The number of nitrogens with one attached hydrogen (secondary N) is 3. The number of carbonyl (C=O) groups is 7. The van der Waals surface area contributed by atoms with Crippen molar-refractivity contribution >= 4 is 121 Å². The van der Waals surface area contributed by atoms with Gasteiger partial charge >= 0.3 is 48.0 Å². The number of carboxylic acid groups (broad SMARTS) is 3. The highest BCUT2D eigenvalue weighted by Crippen LogP contribution is 2.28. The third-order valence-electron chi connectivity index (χ3n) is 22.5. The highest BCUT2D eigenvalue weighted by molar-refractivity contribution is 5.92. The lowest BCUT2D eigenvalue weighted by Crippen LogP contribution is -2.50. The Balaban J connectivity index is 0.000000184. The maximum absolute atomic E-state index is 13.5. The van der Waals surface area contributed by atoms with Crippen molar-refractivity contribution in [2.45, 2.75) is 140 Å². The molecule has 54 heteroatoms. The Kier molecular flexibility index (Phi) is 37.8. The van der Waals surface area contributed by atoms with Gasteiger partial charge in [0.2, 0.25) is 41.3 Å². The molecule has 4 aliphatic heterocycles. The number of halogens is 6. The van der Waals surface area contributed by atoms with E-state index in [1.165, 1.54) is 41.2 Å². The molecule has 0 saturated carbocycles. The number of aliphatic carboxylic acids is 2. The van der Waals surface area contributed by atoms with Crippen molar-refractivity contribution in [3.63, 3.8) is 0 Å². The first-order chi connectivity index (χ1) is 70.0. The number of nitrogens with two attached hydrogens (primary N) is 2. The molecule has 0 unspecified atom stereocenters. The molecule has 3 amide bonds. The number of rotatable bonds is 18. The number of carboxylic acids is 3. The summed E-state index contributed by atoms with van der Waals surface area (Å²) in [5.74, 6) is 16.4. The van der Waals surface area contributed by atoms with E-state index in [0.29, 0.717) is 98.8 Å². The van der Waals surface area contributed by atoms with Crippen molar-refractivity contribution < 1.29 is 84.7 Å². The highest BCUT2D eigenvalue weighted by Gasteiger charge is 2.40. The number of benzene rings is 2. The number of aromatic carboxylic acids is 1. The molecule has 0 spiro atoms. The summed E-state index contributed by atoms with van der Waals surface area (Å²) in [5.41, 5.74) is 11.9. The van der Waals surface area contributed by atoms with Crippen molar-refractivity contribution in [3.8, 4) is 47.4 Å². The number of anilines is 4. The molecule has 0 radical (unpaired) electrons. The van der Waals surface area contributed by atoms with E-state index >= 15 is 0 Å². The Morgan fingerprint density at radius 3 is 1.13 bits per heavy atom. The van der Waals surface area contributed by atoms with Gasteiger partial charge in [-0.2, -0.15) is 46.3 Å². The quantitative estimate of drug-likeness (QED) is 0.0347. The molecule has 48 nitrogen and oxygen atoms in total.